The number of aryl methyl sites for hydroxylation is 1. The minimum atomic E-state index is 0.870. The Hall–Kier alpha value is -3.20. The molecule has 0 amide bonds. The van der Waals surface area contributed by atoms with Gasteiger partial charge in [-0.25, -0.2) is 9.97 Å². The van der Waals surface area contributed by atoms with E-state index in [2.05, 4.69) is 52.9 Å². The van der Waals surface area contributed by atoms with Gasteiger partial charge in [-0.15, -0.1) is 0 Å². The summed E-state index contributed by atoms with van der Waals surface area (Å²) < 4.78 is 2.08. The summed E-state index contributed by atoms with van der Waals surface area (Å²) in [7, 11) is 0. The number of hydrogen-bond acceptors (Lipinski definition) is 2. The van der Waals surface area contributed by atoms with E-state index >= 15 is 0 Å². The summed E-state index contributed by atoms with van der Waals surface area (Å²) in [6, 6.07) is 22.5. The maximum atomic E-state index is 4.76. The maximum absolute atomic E-state index is 4.76. The quantitative estimate of drug-likeness (QED) is 0.539. The summed E-state index contributed by atoms with van der Waals surface area (Å²) in [4.78, 5) is 9.25. The van der Waals surface area contributed by atoms with Crippen molar-refractivity contribution in [2.24, 2.45) is 0 Å². The van der Waals surface area contributed by atoms with Crippen LogP contribution in [0.4, 0.5) is 0 Å². The first kappa shape index (κ1) is 14.4. The van der Waals surface area contributed by atoms with Crippen molar-refractivity contribution in [3.05, 3.63) is 89.9 Å². The van der Waals surface area contributed by atoms with Crippen LogP contribution in [0.3, 0.4) is 0 Å². The highest BCUT2D eigenvalue weighted by Gasteiger charge is 2.10. The lowest BCUT2D eigenvalue weighted by atomic mass is 10.1. The van der Waals surface area contributed by atoms with Crippen molar-refractivity contribution in [1.82, 2.24) is 14.5 Å². The van der Waals surface area contributed by atoms with Gasteiger partial charge in [-0.1, -0.05) is 54.1 Å². The second-order valence-corrected chi connectivity index (χ2v) is 5.73. The Morgan fingerprint density at radius 2 is 1.62 bits per heavy atom. The highest BCUT2D eigenvalue weighted by atomic mass is 15.1. The molecule has 3 heteroatoms. The second kappa shape index (κ2) is 6.13. The second-order valence-electron chi connectivity index (χ2n) is 5.73. The van der Waals surface area contributed by atoms with Gasteiger partial charge in [-0.05, 0) is 42.8 Å². The minimum Gasteiger partial charge on any atom is -0.277 e. The zero-order valence-electron chi connectivity index (χ0n) is 13.4. The fraction of sp³-hybridized carbons (Fsp3) is 0.0476. The lowest BCUT2D eigenvalue weighted by molar-refractivity contribution is 1.01. The molecule has 0 unspecified atom stereocenters. The van der Waals surface area contributed by atoms with Crippen molar-refractivity contribution < 1.29 is 0 Å². The van der Waals surface area contributed by atoms with Crippen LogP contribution in [0.25, 0.3) is 29.0 Å². The Labute approximate surface area is 140 Å². The van der Waals surface area contributed by atoms with E-state index in [1.165, 1.54) is 5.56 Å². The van der Waals surface area contributed by atoms with Crippen molar-refractivity contribution in [3.8, 4) is 5.82 Å². The molecule has 0 fully saturated rings. The van der Waals surface area contributed by atoms with Gasteiger partial charge in [0.2, 0.25) is 0 Å². The van der Waals surface area contributed by atoms with E-state index in [4.69, 9.17) is 4.98 Å². The minimum absolute atomic E-state index is 0.870. The Morgan fingerprint density at radius 3 is 2.42 bits per heavy atom. The molecule has 24 heavy (non-hydrogen) atoms. The normalized spacial score (nSPS) is 11.4. The van der Waals surface area contributed by atoms with Gasteiger partial charge in [0.15, 0.2) is 0 Å². The van der Waals surface area contributed by atoms with Crippen molar-refractivity contribution in [2.75, 3.05) is 0 Å². The fourth-order valence-electron chi connectivity index (χ4n) is 2.73. The Bertz CT molecular complexity index is 996. The number of rotatable bonds is 3. The van der Waals surface area contributed by atoms with Crippen molar-refractivity contribution in [2.45, 2.75) is 6.92 Å². The molecule has 4 rings (SSSR count). The molecule has 0 spiro atoms. The molecule has 0 radical (unpaired) electrons. The number of fused-ring (bicyclic) bond motifs is 1. The third kappa shape index (κ3) is 2.72. The smallest absolute Gasteiger partial charge is 0.139 e. The first-order valence-electron chi connectivity index (χ1n) is 7.95. The topological polar surface area (TPSA) is 30.7 Å². The maximum Gasteiger partial charge on any atom is 0.139 e. The van der Waals surface area contributed by atoms with Gasteiger partial charge in [0.05, 0.1) is 11.0 Å². The summed E-state index contributed by atoms with van der Waals surface area (Å²) >= 11 is 0. The number of pyridine rings is 1. The number of nitrogens with zero attached hydrogens (tertiary/aromatic N) is 3. The molecule has 0 bridgehead atoms. The summed E-state index contributed by atoms with van der Waals surface area (Å²) in [6.07, 6.45) is 5.93. The van der Waals surface area contributed by atoms with Crippen molar-refractivity contribution in [1.29, 1.82) is 0 Å². The number of aromatic nitrogens is 3. The van der Waals surface area contributed by atoms with E-state index in [9.17, 15) is 0 Å². The standard InChI is InChI=1S/C21H17N3/c1-16-9-11-17(12-10-16)13-14-21-23-18-6-2-3-7-19(18)24(21)20-8-4-5-15-22-20/h2-15H,1H3. The van der Waals surface area contributed by atoms with E-state index in [-0.39, 0.29) is 0 Å². The van der Waals surface area contributed by atoms with Crippen LogP contribution in [0.2, 0.25) is 0 Å². The third-order valence-electron chi connectivity index (χ3n) is 3.97. The molecule has 2 heterocycles. The van der Waals surface area contributed by atoms with Crippen LogP contribution in [0.1, 0.15) is 17.0 Å². The van der Waals surface area contributed by atoms with Crippen LogP contribution in [0, 0.1) is 6.92 Å². The Morgan fingerprint density at radius 1 is 0.833 bits per heavy atom. The first-order valence-corrected chi connectivity index (χ1v) is 7.95. The average Bonchev–Trinajstić information content (AvgIpc) is 3.00. The largest absolute Gasteiger partial charge is 0.277 e. The molecule has 0 saturated heterocycles. The van der Waals surface area contributed by atoms with Gasteiger partial charge in [-0.2, -0.15) is 0 Å². The average molecular weight is 311 g/mol. The number of para-hydroxylation sites is 2. The lowest BCUT2D eigenvalue weighted by Gasteiger charge is -2.05. The Kier molecular flexibility index (Phi) is 3.67. The number of hydrogen-bond donors (Lipinski definition) is 0. The highest BCUT2D eigenvalue weighted by Crippen LogP contribution is 2.21. The van der Waals surface area contributed by atoms with Crippen LogP contribution < -0.4 is 0 Å². The summed E-state index contributed by atoms with van der Waals surface area (Å²) in [5.41, 5.74) is 4.43. The Balaban J connectivity index is 1.84. The van der Waals surface area contributed by atoms with Crippen LogP contribution in [0.15, 0.2) is 72.9 Å². The molecule has 3 nitrogen and oxygen atoms in total. The van der Waals surface area contributed by atoms with Gasteiger partial charge in [0, 0.05) is 6.20 Å². The van der Waals surface area contributed by atoms with Gasteiger partial charge in [-0.3, -0.25) is 4.57 Å². The molecule has 116 valence electrons. The molecule has 2 aromatic carbocycles. The zero-order valence-corrected chi connectivity index (χ0v) is 13.4. The zero-order chi connectivity index (χ0) is 16.4. The molecule has 4 aromatic rings. The molecule has 2 aromatic heterocycles. The summed E-state index contributed by atoms with van der Waals surface area (Å²) in [5, 5.41) is 0. The van der Waals surface area contributed by atoms with Crippen molar-refractivity contribution in [3.63, 3.8) is 0 Å². The van der Waals surface area contributed by atoms with Gasteiger partial charge in [0.1, 0.15) is 11.6 Å². The van der Waals surface area contributed by atoms with Crippen LogP contribution >= 0.6 is 0 Å². The molecule has 0 saturated carbocycles. The van der Waals surface area contributed by atoms with E-state index < -0.39 is 0 Å². The van der Waals surface area contributed by atoms with Gasteiger partial charge >= 0.3 is 0 Å². The number of imidazole rings is 1. The van der Waals surface area contributed by atoms with E-state index in [1.54, 1.807) is 6.20 Å². The molecule has 0 aliphatic rings. The van der Waals surface area contributed by atoms with Crippen LogP contribution in [-0.4, -0.2) is 14.5 Å². The van der Waals surface area contributed by atoms with E-state index in [0.717, 1.165) is 28.2 Å². The molecule has 0 atom stereocenters. The van der Waals surface area contributed by atoms with Crippen molar-refractivity contribution >= 4 is 23.2 Å². The first-order chi connectivity index (χ1) is 11.8. The molecular formula is C21H17N3. The number of benzene rings is 2. The van der Waals surface area contributed by atoms with Gasteiger partial charge in [0.25, 0.3) is 0 Å². The molecule has 0 aliphatic carbocycles. The monoisotopic (exact) mass is 311 g/mol. The van der Waals surface area contributed by atoms with E-state index in [0.29, 0.717) is 0 Å². The van der Waals surface area contributed by atoms with Crippen LogP contribution in [-0.2, 0) is 0 Å². The predicted molar refractivity (Wildman–Crippen MR) is 99.0 cm³/mol. The molecule has 0 aliphatic heterocycles. The predicted octanol–water partition coefficient (Wildman–Crippen LogP) is 4.90. The fourth-order valence-corrected chi connectivity index (χ4v) is 2.73. The van der Waals surface area contributed by atoms with Gasteiger partial charge < -0.3 is 0 Å². The molecule has 0 N–H and O–H groups in total. The van der Waals surface area contributed by atoms with Crippen LogP contribution in [0.5, 0.6) is 0 Å². The van der Waals surface area contributed by atoms with E-state index in [1.807, 2.05) is 42.5 Å². The highest BCUT2D eigenvalue weighted by molar-refractivity contribution is 5.81. The third-order valence-corrected chi connectivity index (χ3v) is 3.97. The molecular weight excluding hydrogens is 294 g/mol. The lowest BCUT2D eigenvalue weighted by Crippen LogP contribution is -1.99. The SMILES string of the molecule is Cc1ccc(C=Cc2nc3ccccc3n2-c2ccccn2)cc1. The summed E-state index contributed by atoms with van der Waals surface area (Å²) in [5.74, 6) is 1.74. The summed E-state index contributed by atoms with van der Waals surface area (Å²) in [6.45, 7) is 2.09.